The highest BCUT2D eigenvalue weighted by atomic mass is 19.1. The number of carbonyl (C=O) groups excluding carboxylic acids is 1. The minimum absolute atomic E-state index is 0.0704. The van der Waals surface area contributed by atoms with Gasteiger partial charge in [0, 0.05) is 31.4 Å². The molecule has 0 bridgehead atoms. The standard InChI is InChI=1S/C31H37F2N7O/c1-3-6-28(36-25-10-9-22-15-24(32)16-27(33)26(22)17-25)31(41)37-30-19-39(20-35-30)29-8-5-4-7-23(29)18-34-12-14-40-13-11-21(2)38-40/h4-5,7-8,11,13,15-16,19-20,25,28,34,36H,3,6,9-10,12,14,17-18H2,1-2H3,(H,37,41)/t25-,28-/m0/s1. The van der Waals surface area contributed by atoms with Crippen LogP contribution < -0.4 is 16.0 Å². The van der Waals surface area contributed by atoms with E-state index in [0.29, 0.717) is 49.2 Å². The molecule has 0 radical (unpaired) electrons. The van der Waals surface area contributed by atoms with Crippen molar-refractivity contribution in [2.24, 2.45) is 0 Å². The highest BCUT2D eigenvalue weighted by molar-refractivity contribution is 5.94. The van der Waals surface area contributed by atoms with Crippen LogP contribution in [0.2, 0.25) is 0 Å². The lowest BCUT2D eigenvalue weighted by Crippen LogP contribution is -2.48. The van der Waals surface area contributed by atoms with Crippen molar-refractivity contribution in [1.29, 1.82) is 0 Å². The molecule has 216 valence electrons. The number of halogens is 2. The number of anilines is 1. The second-order valence-corrected chi connectivity index (χ2v) is 10.7. The average Bonchev–Trinajstić information content (AvgIpc) is 3.60. The van der Waals surface area contributed by atoms with Crippen LogP contribution in [0.3, 0.4) is 0 Å². The lowest BCUT2D eigenvalue weighted by molar-refractivity contribution is -0.118. The molecule has 1 aliphatic rings. The van der Waals surface area contributed by atoms with E-state index >= 15 is 0 Å². The number of hydrogen-bond donors (Lipinski definition) is 3. The van der Waals surface area contributed by atoms with Gasteiger partial charge in [0.1, 0.15) is 18.0 Å². The van der Waals surface area contributed by atoms with Crippen LogP contribution in [0.4, 0.5) is 14.6 Å². The van der Waals surface area contributed by atoms with Crippen molar-refractivity contribution in [3.05, 3.63) is 95.2 Å². The van der Waals surface area contributed by atoms with E-state index in [0.717, 1.165) is 42.5 Å². The van der Waals surface area contributed by atoms with Gasteiger partial charge in [0.2, 0.25) is 5.91 Å². The van der Waals surface area contributed by atoms with Gasteiger partial charge in [-0.2, -0.15) is 5.10 Å². The zero-order chi connectivity index (χ0) is 28.8. The van der Waals surface area contributed by atoms with Crippen LogP contribution in [0, 0.1) is 18.6 Å². The predicted octanol–water partition coefficient (Wildman–Crippen LogP) is 4.70. The lowest BCUT2D eigenvalue weighted by atomic mass is 9.87. The summed E-state index contributed by atoms with van der Waals surface area (Å²) in [5.41, 5.74) is 4.34. The number of fused-ring (bicyclic) bond motifs is 1. The zero-order valence-corrected chi connectivity index (χ0v) is 23.5. The van der Waals surface area contributed by atoms with Gasteiger partial charge >= 0.3 is 0 Å². The molecule has 8 nitrogen and oxygen atoms in total. The van der Waals surface area contributed by atoms with E-state index in [1.807, 2.05) is 59.8 Å². The number of benzene rings is 2. The van der Waals surface area contributed by atoms with Crippen LogP contribution in [0.25, 0.3) is 5.69 Å². The Morgan fingerprint density at radius 2 is 2.05 bits per heavy atom. The van der Waals surface area contributed by atoms with Crippen molar-refractivity contribution >= 4 is 11.7 Å². The van der Waals surface area contributed by atoms with Gasteiger partial charge in [0.05, 0.1) is 30.2 Å². The molecule has 10 heteroatoms. The van der Waals surface area contributed by atoms with Crippen LogP contribution in [0.1, 0.15) is 48.6 Å². The topological polar surface area (TPSA) is 88.8 Å². The summed E-state index contributed by atoms with van der Waals surface area (Å²) < 4.78 is 31.8. The van der Waals surface area contributed by atoms with E-state index in [9.17, 15) is 13.6 Å². The molecule has 0 saturated carbocycles. The number of nitrogens with one attached hydrogen (secondary N) is 3. The number of aromatic nitrogens is 4. The molecule has 0 fully saturated rings. The van der Waals surface area contributed by atoms with Crippen LogP contribution in [0.5, 0.6) is 0 Å². The normalized spacial score (nSPS) is 15.5. The highest BCUT2D eigenvalue weighted by Gasteiger charge is 2.27. The molecule has 5 rings (SSSR count). The molecule has 0 spiro atoms. The number of hydrogen-bond acceptors (Lipinski definition) is 5. The number of amides is 1. The Morgan fingerprint density at radius 1 is 1.20 bits per heavy atom. The summed E-state index contributed by atoms with van der Waals surface area (Å²) in [7, 11) is 0. The lowest BCUT2D eigenvalue weighted by Gasteiger charge is -2.29. The molecule has 1 aliphatic carbocycles. The van der Waals surface area contributed by atoms with Crippen molar-refractivity contribution in [1.82, 2.24) is 30.0 Å². The largest absolute Gasteiger partial charge is 0.311 e. The summed E-state index contributed by atoms with van der Waals surface area (Å²) >= 11 is 0. The van der Waals surface area contributed by atoms with Crippen molar-refractivity contribution in [3.8, 4) is 5.69 Å². The van der Waals surface area contributed by atoms with Crippen molar-refractivity contribution in [3.63, 3.8) is 0 Å². The van der Waals surface area contributed by atoms with E-state index in [2.05, 4.69) is 32.1 Å². The fourth-order valence-corrected chi connectivity index (χ4v) is 5.44. The summed E-state index contributed by atoms with van der Waals surface area (Å²) in [5.74, 6) is -0.775. The van der Waals surface area contributed by atoms with Gasteiger partial charge in [0.15, 0.2) is 5.82 Å². The summed E-state index contributed by atoms with van der Waals surface area (Å²) in [4.78, 5) is 17.7. The van der Waals surface area contributed by atoms with Gasteiger partial charge in [0.25, 0.3) is 0 Å². The number of nitrogens with zero attached hydrogens (tertiary/aromatic N) is 4. The smallest absolute Gasteiger partial charge is 0.242 e. The number of rotatable bonds is 12. The molecule has 3 N–H and O–H groups in total. The molecule has 4 aromatic rings. The number of imidazole rings is 1. The first-order valence-corrected chi connectivity index (χ1v) is 14.3. The third kappa shape index (κ3) is 7.25. The summed E-state index contributed by atoms with van der Waals surface area (Å²) in [6.45, 7) is 6.24. The summed E-state index contributed by atoms with van der Waals surface area (Å²) in [5, 5.41) is 14.3. The SMILES string of the molecule is CCC[C@H](N[C@H]1CCc2cc(F)cc(F)c2C1)C(=O)Nc1cn(-c2ccccc2CNCCn2ccc(C)n2)cn1. The molecular formula is C31H37F2N7O. The van der Waals surface area contributed by atoms with Crippen LogP contribution in [0.15, 0.2) is 61.2 Å². The summed E-state index contributed by atoms with van der Waals surface area (Å²) in [6.07, 6.45) is 8.64. The Hall–Kier alpha value is -3.89. The van der Waals surface area contributed by atoms with E-state index in [-0.39, 0.29) is 11.9 Å². The van der Waals surface area contributed by atoms with Crippen LogP contribution in [-0.4, -0.2) is 43.9 Å². The van der Waals surface area contributed by atoms with Gasteiger partial charge < -0.3 is 20.5 Å². The first-order chi connectivity index (χ1) is 19.9. The maximum absolute atomic E-state index is 14.4. The Kier molecular flexibility index (Phi) is 9.21. The molecule has 2 atom stereocenters. The Labute approximate surface area is 239 Å². The van der Waals surface area contributed by atoms with E-state index in [1.54, 1.807) is 6.33 Å². The first-order valence-electron chi connectivity index (χ1n) is 14.3. The highest BCUT2D eigenvalue weighted by Crippen LogP contribution is 2.26. The quantitative estimate of drug-likeness (QED) is 0.218. The minimum Gasteiger partial charge on any atom is -0.311 e. The van der Waals surface area contributed by atoms with Crippen LogP contribution in [-0.2, 0) is 30.7 Å². The number of para-hydroxylation sites is 1. The molecule has 0 saturated heterocycles. The molecule has 2 aromatic carbocycles. The summed E-state index contributed by atoms with van der Waals surface area (Å²) in [6, 6.07) is 11.9. The van der Waals surface area contributed by atoms with Crippen LogP contribution >= 0.6 is 0 Å². The van der Waals surface area contributed by atoms with E-state index < -0.39 is 17.7 Å². The molecule has 1 amide bonds. The monoisotopic (exact) mass is 561 g/mol. The zero-order valence-electron chi connectivity index (χ0n) is 23.5. The fraction of sp³-hybridized carbons (Fsp3) is 0.387. The van der Waals surface area contributed by atoms with Crippen molar-refractivity contribution in [2.45, 2.75) is 71.1 Å². The van der Waals surface area contributed by atoms with Gasteiger partial charge in [-0.05, 0) is 67.5 Å². The second-order valence-electron chi connectivity index (χ2n) is 10.7. The van der Waals surface area contributed by atoms with Crippen molar-refractivity contribution in [2.75, 3.05) is 11.9 Å². The van der Waals surface area contributed by atoms with E-state index in [4.69, 9.17) is 0 Å². The van der Waals surface area contributed by atoms with Gasteiger partial charge in [-0.3, -0.25) is 9.48 Å². The third-order valence-electron chi connectivity index (χ3n) is 7.51. The molecule has 2 heterocycles. The fourth-order valence-electron chi connectivity index (χ4n) is 5.44. The van der Waals surface area contributed by atoms with Gasteiger partial charge in [-0.15, -0.1) is 0 Å². The van der Waals surface area contributed by atoms with Crippen molar-refractivity contribution < 1.29 is 13.6 Å². The number of carbonyl (C=O) groups is 1. The Morgan fingerprint density at radius 3 is 2.85 bits per heavy atom. The van der Waals surface area contributed by atoms with Gasteiger partial charge in [-0.1, -0.05) is 31.5 Å². The predicted molar refractivity (Wildman–Crippen MR) is 155 cm³/mol. The van der Waals surface area contributed by atoms with Gasteiger partial charge in [-0.25, -0.2) is 13.8 Å². The first kappa shape index (κ1) is 28.6. The maximum Gasteiger partial charge on any atom is 0.242 e. The number of aryl methyl sites for hydroxylation is 2. The molecule has 0 aliphatic heterocycles. The third-order valence-corrected chi connectivity index (χ3v) is 7.51. The maximum atomic E-state index is 14.4. The Bertz CT molecular complexity index is 1480. The molecule has 0 unspecified atom stereocenters. The van der Waals surface area contributed by atoms with E-state index in [1.165, 1.54) is 6.07 Å². The second kappa shape index (κ2) is 13.2. The molecule has 41 heavy (non-hydrogen) atoms. The minimum atomic E-state index is -0.547. The molecular weight excluding hydrogens is 524 g/mol. The average molecular weight is 562 g/mol. The molecule has 2 aromatic heterocycles. The Balaban J connectivity index is 1.19.